The van der Waals surface area contributed by atoms with Crippen molar-refractivity contribution in [2.45, 2.75) is 38.3 Å². The van der Waals surface area contributed by atoms with Gasteiger partial charge in [-0.25, -0.2) is 8.78 Å². The topological polar surface area (TPSA) is 49.3 Å². The summed E-state index contributed by atoms with van der Waals surface area (Å²) in [7, 11) is 0. The number of carbonyl (C=O) groups excluding carboxylic acids is 1. The highest BCUT2D eigenvalue weighted by molar-refractivity contribution is 6.05. The maximum atomic E-state index is 13.8. The van der Waals surface area contributed by atoms with Gasteiger partial charge in [0.2, 0.25) is 0 Å². The molecular weight excluding hydrogens is 324 g/mol. The van der Waals surface area contributed by atoms with Gasteiger partial charge in [0.1, 0.15) is 12.0 Å². The lowest BCUT2D eigenvalue weighted by Crippen LogP contribution is -2.23. The number of alkyl halides is 1. The van der Waals surface area contributed by atoms with Gasteiger partial charge in [-0.05, 0) is 60.6 Å². The molecule has 2 aliphatic rings. The molecule has 0 saturated heterocycles. The van der Waals surface area contributed by atoms with Crippen LogP contribution in [0.4, 0.5) is 14.5 Å². The summed E-state index contributed by atoms with van der Waals surface area (Å²) in [5, 5.41) is 12.0. The van der Waals surface area contributed by atoms with Crippen molar-refractivity contribution in [2.24, 2.45) is 0 Å². The van der Waals surface area contributed by atoms with Gasteiger partial charge in [0.15, 0.2) is 0 Å². The van der Waals surface area contributed by atoms with E-state index in [1.165, 1.54) is 6.08 Å². The highest BCUT2D eigenvalue weighted by atomic mass is 19.1. The lowest BCUT2D eigenvalue weighted by atomic mass is 9.87. The average Bonchev–Trinajstić information content (AvgIpc) is 2.62. The van der Waals surface area contributed by atoms with E-state index in [2.05, 4.69) is 5.32 Å². The number of nitrogens with one attached hydrogen (secondary N) is 1. The van der Waals surface area contributed by atoms with Crippen LogP contribution in [0.5, 0.6) is 0 Å². The van der Waals surface area contributed by atoms with Crippen LogP contribution in [0.2, 0.25) is 0 Å². The molecule has 0 radical (unpaired) electrons. The molecule has 2 N–H and O–H groups in total. The smallest absolute Gasteiger partial charge is 0.257 e. The number of halogens is 2. The van der Waals surface area contributed by atoms with Crippen LogP contribution in [0.3, 0.4) is 0 Å². The zero-order valence-electron chi connectivity index (χ0n) is 13.9. The predicted octanol–water partition coefficient (Wildman–Crippen LogP) is 4.47. The van der Waals surface area contributed by atoms with Crippen molar-refractivity contribution in [3.8, 4) is 0 Å². The zero-order chi connectivity index (χ0) is 17.8. The van der Waals surface area contributed by atoms with Crippen LogP contribution < -0.4 is 5.32 Å². The molecule has 5 heteroatoms. The highest BCUT2D eigenvalue weighted by Crippen LogP contribution is 2.32. The molecule has 0 saturated carbocycles. The molecule has 1 aromatic rings. The standard InChI is InChI=1S/C20H21F2NO2/c21-17-6-3-7-18(22)19(17)20(25)23-15-10-8-13(9-11-15)16-5-2-1-4-14(16)12-24/h3,6,8-11,18,24H,1-2,4-5,7,12H2,(H,23,25). The molecule has 3 nitrogen and oxygen atoms in total. The summed E-state index contributed by atoms with van der Waals surface area (Å²) >= 11 is 0. The first-order chi connectivity index (χ1) is 12.1. The van der Waals surface area contributed by atoms with Crippen LogP contribution in [-0.2, 0) is 4.79 Å². The molecule has 2 aliphatic carbocycles. The van der Waals surface area contributed by atoms with E-state index in [1.54, 1.807) is 12.1 Å². The van der Waals surface area contributed by atoms with Crippen molar-refractivity contribution >= 4 is 17.2 Å². The Morgan fingerprint density at radius 2 is 1.92 bits per heavy atom. The Labute approximate surface area is 145 Å². The number of aliphatic hydroxyl groups is 1. The summed E-state index contributed by atoms with van der Waals surface area (Å²) in [5.74, 6) is -1.58. The maximum absolute atomic E-state index is 13.8. The molecule has 3 rings (SSSR count). The average molecular weight is 345 g/mol. The van der Waals surface area contributed by atoms with Crippen molar-refractivity contribution in [1.82, 2.24) is 0 Å². The minimum Gasteiger partial charge on any atom is -0.392 e. The van der Waals surface area contributed by atoms with E-state index in [4.69, 9.17) is 0 Å². The van der Waals surface area contributed by atoms with Crippen molar-refractivity contribution in [3.05, 3.63) is 59.0 Å². The van der Waals surface area contributed by atoms with Gasteiger partial charge < -0.3 is 10.4 Å². The van der Waals surface area contributed by atoms with Gasteiger partial charge in [0.05, 0.1) is 12.2 Å². The lowest BCUT2D eigenvalue weighted by molar-refractivity contribution is -0.113. The Kier molecular flexibility index (Phi) is 5.43. The van der Waals surface area contributed by atoms with Crippen LogP contribution in [0, 0.1) is 0 Å². The Balaban J connectivity index is 1.76. The number of hydrogen-bond donors (Lipinski definition) is 2. The zero-order valence-corrected chi connectivity index (χ0v) is 13.9. The molecule has 1 aromatic carbocycles. The maximum Gasteiger partial charge on any atom is 0.257 e. The third-order valence-electron chi connectivity index (χ3n) is 4.69. The predicted molar refractivity (Wildman–Crippen MR) is 94.3 cm³/mol. The van der Waals surface area contributed by atoms with Crippen LogP contribution in [-0.4, -0.2) is 23.8 Å². The van der Waals surface area contributed by atoms with Crippen molar-refractivity contribution in [1.29, 1.82) is 0 Å². The second kappa shape index (κ2) is 7.74. The summed E-state index contributed by atoms with van der Waals surface area (Å²) < 4.78 is 27.5. The fourth-order valence-electron chi connectivity index (χ4n) is 3.34. The second-order valence-electron chi connectivity index (χ2n) is 6.35. The Bertz CT molecular complexity index is 747. The Morgan fingerprint density at radius 3 is 2.60 bits per heavy atom. The van der Waals surface area contributed by atoms with E-state index < -0.39 is 23.5 Å². The van der Waals surface area contributed by atoms with E-state index in [1.807, 2.05) is 12.1 Å². The first kappa shape index (κ1) is 17.5. The van der Waals surface area contributed by atoms with Crippen LogP contribution in [0.1, 0.15) is 37.7 Å². The van der Waals surface area contributed by atoms with Crippen LogP contribution in [0.25, 0.3) is 5.57 Å². The minimum absolute atomic E-state index is 0.00715. The molecule has 0 heterocycles. The molecule has 0 aliphatic heterocycles. The molecule has 0 bridgehead atoms. The minimum atomic E-state index is -1.62. The van der Waals surface area contributed by atoms with Gasteiger partial charge in [0, 0.05) is 12.1 Å². The van der Waals surface area contributed by atoms with Gasteiger partial charge in [0.25, 0.3) is 5.91 Å². The summed E-state index contributed by atoms with van der Waals surface area (Å²) in [4.78, 5) is 12.1. The molecule has 25 heavy (non-hydrogen) atoms. The molecule has 0 spiro atoms. The third kappa shape index (κ3) is 3.87. The summed E-state index contributed by atoms with van der Waals surface area (Å²) in [6.07, 6.45) is 4.90. The van der Waals surface area contributed by atoms with Crippen molar-refractivity contribution < 1.29 is 18.7 Å². The molecule has 0 aromatic heterocycles. The molecule has 132 valence electrons. The molecule has 0 fully saturated rings. The Hall–Kier alpha value is -2.27. The van der Waals surface area contributed by atoms with E-state index in [0.717, 1.165) is 48.5 Å². The van der Waals surface area contributed by atoms with E-state index in [-0.39, 0.29) is 13.0 Å². The number of benzene rings is 1. The molecular formula is C20H21F2NO2. The largest absolute Gasteiger partial charge is 0.392 e. The van der Waals surface area contributed by atoms with Gasteiger partial charge >= 0.3 is 0 Å². The quantitative estimate of drug-likeness (QED) is 0.846. The number of rotatable bonds is 4. The number of allylic oxidation sites excluding steroid dienone is 4. The number of hydrogen-bond acceptors (Lipinski definition) is 2. The lowest BCUT2D eigenvalue weighted by Gasteiger charge is -2.20. The second-order valence-corrected chi connectivity index (χ2v) is 6.35. The van der Waals surface area contributed by atoms with Gasteiger partial charge in [-0.3, -0.25) is 4.79 Å². The molecule has 1 amide bonds. The SMILES string of the molecule is O=C(Nc1ccc(C2=C(CO)CCCC2)cc1)C1=C(F)C=CCC1F. The van der Waals surface area contributed by atoms with Crippen LogP contribution >= 0.6 is 0 Å². The van der Waals surface area contributed by atoms with Gasteiger partial charge in [-0.1, -0.05) is 18.2 Å². The number of carbonyl (C=O) groups is 1. The number of aliphatic hydroxyl groups excluding tert-OH is 1. The monoisotopic (exact) mass is 345 g/mol. The third-order valence-corrected chi connectivity index (χ3v) is 4.69. The van der Waals surface area contributed by atoms with E-state index in [9.17, 15) is 18.7 Å². The normalized spacial score (nSPS) is 20.8. The summed E-state index contributed by atoms with van der Waals surface area (Å²) in [5.41, 5.74) is 3.25. The fourth-order valence-corrected chi connectivity index (χ4v) is 3.34. The van der Waals surface area contributed by atoms with E-state index in [0.29, 0.717) is 5.69 Å². The molecule has 1 atom stereocenters. The summed E-state index contributed by atoms with van der Waals surface area (Å²) in [6, 6.07) is 7.16. The highest BCUT2D eigenvalue weighted by Gasteiger charge is 2.26. The number of amides is 1. The van der Waals surface area contributed by atoms with Gasteiger partial charge in [-0.2, -0.15) is 0 Å². The van der Waals surface area contributed by atoms with Crippen molar-refractivity contribution in [2.75, 3.05) is 11.9 Å². The fraction of sp³-hybridized carbons (Fsp3) is 0.350. The number of anilines is 1. The van der Waals surface area contributed by atoms with Crippen LogP contribution in [0.15, 0.2) is 53.4 Å². The first-order valence-corrected chi connectivity index (χ1v) is 8.54. The molecule has 1 unspecified atom stereocenters. The first-order valence-electron chi connectivity index (χ1n) is 8.54. The summed E-state index contributed by atoms with van der Waals surface area (Å²) in [6.45, 7) is 0.0622. The van der Waals surface area contributed by atoms with Crippen molar-refractivity contribution in [3.63, 3.8) is 0 Å². The van der Waals surface area contributed by atoms with E-state index >= 15 is 0 Å². The Morgan fingerprint density at radius 1 is 1.20 bits per heavy atom. The van der Waals surface area contributed by atoms with Gasteiger partial charge in [-0.15, -0.1) is 0 Å².